The topological polar surface area (TPSA) is 83.0 Å². The van der Waals surface area contributed by atoms with Crippen LogP contribution in [-0.4, -0.2) is 26.1 Å². The SMILES string of the molecule is CC(C)Nc1cc(Nc2cc(F)cc(F)c2)nc(-c2cc(CO)cc(Cl)n2)n1. The molecule has 0 saturated heterocycles. The lowest BCUT2D eigenvalue weighted by molar-refractivity contribution is 0.282. The summed E-state index contributed by atoms with van der Waals surface area (Å²) in [4.78, 5) is 13.0. The zero-order valence-corrected chi connectivity index (χ0v) is 15.9. The largest absolute Gasteiger partial charge is 0.392 e. The summed E-state index contributed by atoms with van der Waals surface area (Å²) >= 11 is 6.01. The molecule has 3 aromatic rings. The number of nitrogens with one attached hydrogen (secondary N) is 2. The van der Waals surface area contributed by atoms with Crippen LogP contribution < -0.4 is 10.6 Å². The van der Waals surface area contributed by atoms with Crippen LogP contribution >= 0.6 is 11.6 Å². The Hall–Kier alpha value is -2.84. The van der Waals surface area contributed by atoms with Crippen molar-refractivity contribution in [2.45, 2.75) is 26.5 Å². The molecule has 0 aliphatic heterocycles. The number of anilines is 3. The maximum absolute atomic E-state index is 13.5. The number of pyridine rings is 1. The monoisotopic (exact) mass is 405 g/mol. The molecule has 2 heterocycles. The molecule has 28 heavy (non-hydrogen) atoms. The number of aliphatic hydroxyl groups is 1. The summed E-state index contributed by atoms with van der Waals surface area (Å²) in [7, 11) is 0. The number of hydrogen-bond donors (Lipinski definition) is 3. The van der Waals surface area contributed by atoms with Gasteiger partial charge in [-0.15, -0.1) is 0 Å². The molecule has 2 aromatic heterocycles. The molecule has 0 saturated carbocycles. The summed E-state index contributed by atoms with van der Waals surface area (Å²) < 4.78 is 27.0. The van der Waals surface area contributed by atoms with E-state index in [-0.39, 0.29) is 29.3 Å². The number of aromatic nitrogens is 3. The van der Waals surface area contributed by atoms with Gasteiger partial charge in [-0.2, -0.15) is 0 Å². The van der Waals surface area contributed by atoms with E-state index in [9.17, 15) is 13.9 Å². The van der Waals surface area contributed by atoms with Gasteiger partial charge < -0.3 is 15.7 Å². The highest BCUT2D eigenvalue weighted by Crippen LogP contribution is 2.25. The van der Waals surface area contributed by atoms with Crippen molar-refractivity contribution < 1.29 is 13.9 Å². The first kappa shape index (κ1) is 19.9. The smallest absolute Gasteiger partial charge is 0.182 e. The first-order chi connectivity index (χ1) is 13.3. The van der Waals surface area contributed by atoms with E-state index in [0.717, 1.165) is 18.2 Å². The van der Waals surface area contributed by atoms with E-state index in [4.69, 9.17) is 11.6 Å². The van der Waals surface area contributed by atoms with Gasteiger partial charge in [0.05, 0.1) is 6.61 Å². The summed E-state index contributed by atoms with van der Waals surface area (Å²) in [6, 6.07) is 7.95. The molecular weight excluding hydrogens is 388 g/mol. The normalized spacial score (nSPS) is 11.0. The van der Waals surface area contributed by atoms with E-state index in [1.807, 2.05) is 13.8 Å². The van der Waals surface area contributed by atoms with Crippen LogP contribution in [0.4, 0.5) is 26.1 Å². The molecule has 0 aliphatic carbocycles. The van der Waals surface area contributed by atoms with E-state index in [2.05, 4.69) is 25.6 Å². The van der Waals surface area contributed by atoms with Crippen molar-refractivity contribution in [2.24, 2.45) is 0 Å². The highest BCUT2D eigenvalue weighted by atomic mass is 35.5. The lowest BCUT2D eigenvalue weighted by Crippen LogP contribution is -2.12. The van der Waals surface area contributed by atoms with Crippen molar-refractivity contribution >= 4 is 28.9 Å². The second-order valence-electron chi connectivity index (χ2n) is 6.39. The van der Waals surface area contributed by atoms with E-state index in [1.165, 1.54) is 6.07 Å². The van der Waals surface area contributed by atoms with Gasteiger partial charge in [0.15, 0.2) is 5.82 Å². The molecule has 0 aliphatic rings. The number of benzene rings is 1. The van der Waals surface area contributed by atoms with Gasteiger partial charge in [0.1, 0.15) is 34.1 Å². The average Bonchev–Trinajstić information content (AvgIpc) is 2.59. The average molecular weight is 406 g/mol. The van der Waals surface area contributed by atoms with Crippen LogP contribution in [0, 0.1) is 11.6 Å². The van der Waals surface area contributed by atoms with Gasteiger partial charge in [-0.1, -0.05) is 11.6 Å². The number of nitrogens with zero attached hydrogens (tertiary/aromatic N) is 3. The van der Waals surface area contributed by atoms with Gasteiger partial charge in [0.2, 0.25) is 0 Å². The maximum atomic E-state index is 13.5. The summed E-state index contributed by atoms with van der Waals surface area (Å²) in [5.74, 6) is -0.373. The number of hydrogen-bond acceptors (Lipinski definition) is 6. The molecule has 0 radical (unpaired) electrons. The third-order valence-corrected chi connectivity index (χ3v) is 3.76. The second kappa shape index (κ2) is 8.45. The summed E-state index contributed by atoms with van der Waals surface area (Å²) in [6.07, 6.45) is 0. The van der Waals surface area contributed by atoms with Gasteiger partial charge in [0, 0.05) is 23.9 Å². The first-order valence-corrected chi connectivity index (χ1v) is 8.86. The quantitative estimate of drug-likeness (QED) is 0.523. The van der Waals surface area contributed by atoms with E-state index < -0.39 is 11.6 Å². The molecular formula is C19H18ClF2N5O. The molecule has 146 valence electrons. The van der Waals surface area contributed by atoms with Crippen LogP contribution in [0.25, 0.3) is 11.5 Å². The van der Waals surface area contributed by atoms with E-state index in [1.54, 1.807) is 12.1 Å². The van der Waals surface area contributed by atoms with E-state index >= 15 is 0 Å². The Balaban J connectivity index is 2.05. The van der Waals surface area contributed by atoms with E-state index in [0.29, 0.717) is 22.9 Å². The molecule has 6 nitrogen and oxygen atoms in total. The van der Waals surface area contributed by atoms with Gasteiger partial charge in [-0.25, -0.2) is 23.7 Å². The lowest BCUT2D eigenvalue weighted by atomic mass is 10.2. The molecule has 3 rings (SSSR count). The summed E-state index contributed by atoms with van der Waals surface area (Å²) in [6.45, 7) is 3.67. The molecule has 0 spiro atoms. The predicted octanol–water partition coefficient (Wildman–Crippen LogP) is 4.53. The van der Waals surface area contributed by atoms with Crippen LogP contribution in [0.2, 0.25) is 5.15 Å². The summed E-state index contributed by atoms with van der Waals surface area (Å²) in [5.41, 5.74) is 1.12. The minimum absolute atomic E-state index is 0.0857. The fraction of sp³-hybridized carbons (Fsp3) is 0.211. The molecule has 0 amide bonds. The van der Waals surface area contributed by atoms with Crippen LogP contribution in [0.15, 0.2) is 36.4 Å². The fourth-order valence-corrected chi connectivity index (χ4v) is 2.76. The van der Waals surface area contributed by atoms with Crippen molar-refractivity contribution in [1.82, 2.24) is 15.0 Å². The van der Waals surface area contributed by atoms with Crippen molar-refractivity contribution in [3.05, 3.63) is 58.7 Å². The molecule has 3 N–H and O–H groups in total. The fourth-order valence-electron chi connectivity index (χ4n) is 2.53. The van der Waals surface area contributed by atoms with Crippen LogP contribution in [-0.2, 0) is 6.61 Å². The minimum Gasteiger partial charge on any atom is -0.392 e. The second-order valence-corrected chi connectivity index (χ2v) is 6.77. The Bertz CT molecular complexity index is 980. The Morgan fingerprint density at radius 2 is 1.64 bits per heavy atom. The maximum Gasteiger partial charge on any atom is 0.182 e. The standard InChI is InChI=1S/C19H18ClF2N5O/c1-10(2)23-17-8-18(24-14-6-12(21)5-13(22)7-14)27-19(26-17)15-3-11(9-28)4-16(20)25-15/h3-8,10,28H,9H2,1-2H3,(H2,23,24,26,27). The van der Waals surface area contributed by atoms with Crippen molar-refractivity contribution in [2.75, 3.05) is 10.6 Å². The Morgan fingerprint density at radius 3 is 2.29 bits per heavy atom. The number of rotatable bonds is 6. The van der Waals surface area contributed by atoms with Crippen LogP contribution in [0.5, 0.6) is 0 Å². The predicted molar refractivity (Wildman–Crippen MR) is 105 cm³/mol. The zero-order valence-electron chi connectivity index (χ0n) is 15.2. The molecule has 0 unspecified atom stereocenters. The number of aliphatic hydroxyl groups excluding tert-OH is 1. The number of halogens is 3. The van der Waals surface area contributed by atoms with Gasteiger partial charge in [-0.3, -0.25) is 0 Å². The zero-order chi connectivity index (χ0) is 20.3. The Morgan fingerprint density at radius 1 is 0.964 bits per heavy atom. The van der Waals surface area contributed by atoms with Crippen molar-refractivity contribution in [3.8, 4) is 11.5 Å². The van der Waals surface area contributed by atoms with Crippen molar-refractivity contribution in [1.29, 1.82) is 0 Å². The molecule has 1 aromatic carbocycles. The van der Waals surface area contributed by atoms with Crippen LogP contribution in [0.3, 0.4) is 0 Å². The molecule has 9 heteroatoms. The summed E-state index contributed by atoms with van der Waals surface area (Å²) in [5, 5.41) is 15.6. The van der Waals surface area contributed by atoms with Gasteiger partial charge in [0.25, 0.3) is 0 Å². The molecule has 0 atom stereocenters. The highest BCUT2D eigenvalue weighted by molar-refractivity contribution is 6.29. The molecule has 0 bridgehead atoms. The van der Waals surface area contributed by atoms with Gasteiger partial charge in [-0.05, 0) is 43.7 Å². The molecule has 0 fully saturated rings. The Kier molecular flexibility index (Phi) is 6.01. The third kappa shape index (κ3) is 5.11. The highest BCUT2D eigenvalue weighted by Gasteiger charge is 2.12. The van der Waals surface area contributed by atoms with Gasteiger partial charge >= 0.3 is 0 Å². The minimum atomic E-state index is -0.707. The third-order valence-electron chi connectivity index (χ3n) is 3.56. The Labute approximate surface area is 165 Å². The lowest BCUT2D eigenvalue weighted by Gasteiger charge is -2.14. The first-order valence-electron chi connectivity index (χ1n) is 8.49. The van der Waals surface area contributed by atoms with Crippen LogP contribution in [0.1, 0.15) is 19.4 Å². The van der Waals surface area contributed by atoms with Crippen molar-refractivity contribution in [3.63, 3.8) is 0 Å².